The first-order valence-electron chi connectivity index (χ1n) is 9.79. The number of aryl methyl sites for hydroxylation is 1. The Labute approximate surface area is 151 Å². The minimum atomic E-state index is -0.188. The van der Waals surface area contributed by atoms with Crippen molar-refractivity contribution < 1.29 is 9.59 Å². The van der Waals surface area contributed by atoms with Crippen LogP contribution in [0.1, 0.15) is 63.0 Å². The van der Waals surface area contributed by atoms with Crippen molar-refractivity contribution in [3.63, 3.8) is 0 Å². The molecule has 1 aromatic rings. The van der Waals surface area contributed by atoms with Gasteiger partial charge in [-0.3, -0.25) is 9.59 Å². The average Bonchev–Trinajstić information content (AvgIpc) is 3.02. The van der Waals surface area contributed by atoms with Gasteiger partial charge in [0, 0.05) is 31.5 Å². The molecule has 4 heteroatoms. The fraction of sp³-hybridized carbons (Fsp3) is 0.619. The lowest BCUT2D eigenvalue weighted by atomic mass is 9.83. The second kappa shape index (κ2) is 8.03. The second-order valence-corrected chi connectivity index (χ2v) is 7.45. The number of rotatable bonds is 6. The number of nitrogens with one attached hydrogen (secondary N) is 1. The number of amides is 2. The molecule has 136 valence electrons. The van der Waals surface area contributed by atoms with Crippen LogP contribution in [0.4, 0.5) is 0 Å². The van der Waals surface area contributed by atoms with Crippen molar-refractivity contribution >= 4 is 11.8 Å². The summed E-state index contributed by atoms with van der Waals surface area (Å²) in [5, 5.41) is 3.13. The SMILES string of the molecule is CCC(CC)N1CC(C(=O)NCC2CCCc3ccccc32)CC1=O. The van der Waals surface area contributed by atoms with Crippen LogP contribution in [0.5, 0.6) is 0 Å². The van der Waals surface area contributed by atoms with Crippen LogP contribution < -0.4 is 5.32 Å². The lowest BCUT2D eigenvalue weighted by molar-refractivity contribution is -0.130. The first kappa shape index (κ1) is 18.0. The molecule has 3 rings (SSSR count). The van der Waals surface area contributed by atoms with Gasteiger partial charge in [0.1, 0.15) is 0 Å². The van der Waals surface area contributed by atoms with Gasteiger partial charge < -0.3 is 10.2 Å². The van der Waals surface area contributed by atoms with E-state index in [1.54, 1.807) is 0 Å². The minimum Gasteiger partial charge on any atom is -0.355 e. The van der Waals surface area contributed by atoms with E-state index in [0.29, 0.717) is 25.4 Å². The number of carbonyl (C=O) groups excluding carboxylic acids is 2. The Kier molecular flexibility index (Phi) is 5.77. The molecule has 1 aromatic carbocycles. The van der Waals surface area contributed by atoms with Gasteiger partial charge in [-0.2, -0.15) is 0 Å². The van der Waals surface area contributed by atoms with Gasteiger partial charge >= 0.3 is 0 Å². The first-order valence-corrected chi connectivity index (χ1v) is 9.79. The van der Waals surface area contributed by atoms with E-state index < -0.39 is 0 Å². The molecule has 1 saturated heterocycles. The third-order valence-electron chi connectivity index (χ3n) is 5.93. The van der Waals surface area contributed by atoms with Gasteiger partial charge in [-0.15, -0.1) is 0 Å². The fourth-order valence-corrected chi connectivity index (χ4v) is 4.42. The van der Waals surface area contributed by atoms with Crippen LogP contribution in [0, 0.1) is 5.92 Å². The molecule has 2 amide bonds. The molecule has 25 heavy (non-hydrogen) atoms. The maximum atomic E-state index is 12.6. The van der Waals surface area contributed by atoms with E-state index in [2.05, 4.69) is 43.4 Å². The van der Waals surface area contributed by atoms with Crippen LogP contribution in [-0.2, 0) is 16.0 Å². The van der Waals surface area contributed by atoms with Crippen molar-refractivity contribution in [3.05, 3.63) is 35.4 Å². The van der Waals surface area contributed by atoms with Crippen LogP contribution >= 0.6 is 0 Å². The fourth-order valence-electron chi connectivity index (χ4n) is 4.42. The van der Waals surface area contributed by atoms with E-state index in [1.807, 2.05) is 4.90 Å². The molecule has 1 N–H and O–H groups in total. The van der Waals surface area contributed by atoms with E-state index in [1.165, 1.54) is 17.5 Å². The Morgan fingerprint density at radius 1 is 1.28 bits per heavy atom. The van der Waals surface area contributed by atoms with Gasteiger partial charge in [0.15, 0.2) is 0 Å². The highest BCUT2D eigenvalue weighted by Crippen LogP contribution is 2.31. The maximum Gasteiger partial charge on any atom is 0.225 e. The zero-order chi connectivity index (χ0) is 17.8. The van der Waals surface area contributed by atoms with Crippen molar-refractivity contribution in [2.75, 3.05) is 13.1 Å². The average molecular weight is 342 g/mol. The monoisotopic (exact) mass is 342 g/mol. The number of likely N-dealkylation sites (tertiary alicyclic amines) is 1. The molecule has 0 radical (unpaired) electrons. The summed E-state index contributed by atoms with van der Waals surface area (Å²) in [6, 6.07) is 8.85. The minimum absolute atomic E-state index is 0.0462. The van der Waals surface area contributed by atoms with Crippen molar-refractivity contribution in [2.45, 2.75) is 64.3 Å². The van der Waals surface area contributed by atoms with Gasteiger partial charge in [0.25, 0.3) is 0 Å². The van der Waals surface area contributed by atoms with E-state index in [4.69, 9.17) is 0 Å². The van der Waals surface area contributed by atoms with Gasteiger partial charge in [-0.25, -0.2) is 0 Å². The third-order valence-corrected chi connectivity index (χ3v) is 5.93. The van der Waals surface area contributed by atoms with E-state index in [0.717, 1.165) is 25.7 Å². The van der Waals surface area contributed by atoms with Crippen molar-refractivity contribution in [1.29, 1.82) is 0 Å². The van der Waals surface area contributed by atoms with Crippen molar-refractivity contribution in [1.82, 2.24) is 10.2 Å². The Hall–Kier alpha value is -1.84. The molecular weight excluding hydrogens is 312 g/mol. The molecule has 1 heterocycles. The lowest BCUT2D eigenvalue weighted by Crippen LogP contribution is -2.38. The predicted molar refractivity (Wildman–Crippen MR) is 99.3 cm³/mol. The number of fused-ring (bicyclic) bond motifs is 1. The van der Waals surface area contributed by atoms with Crippen LogP contribution in [0.3, 0.4) is 0 Å². The van der Waals surface area contributed by atoms with Crippen LogP contribution in [0.25, 0.3) is 0 Å². The molecule has 2 aliphatic rings. The summed E-state index contributed by atoms with van der Waals surface area (Å²) < 4.78 is 0. The number of nitrogens with zero attached hydrogens (tertiary/aromatic N) is 1. The van der Waals surface area contributed by atoms with Crippen LogP contribution in [0.2, 0.25) is 0 Å². The topological polar surface area (TPSA) is 49.4 Å². The molecule has 0 spiro atoms. The van der Waals surface area contributed by atoms with Gasteiger partial charge in [-0.1, -0.05) is 38.1 Å². The molecule has 0 aromatic heterocycles. The lowest BCUT2D eigenvalue weighted by Gasteiger charge is -2.27. The highest BCUT2D eigenvalue weighted by Gasteiger charge is 2.37. The van der Waals surface area contributed by atoms with Crippen molar-refractivity contribution in [3.8, 4) is 0 Å². The number of hydrogen-bond donors (Lipinski definition) is 1. The molecule has 0 saturated carbocycles. The van der Waals surface area contributed by atoms with E-state index in [-0.39, 0.29) is 23.8 Å². The zero-order valence-electron chi connectivity index (χ0n) is 15.5. The summed E-state index contributed by atoms with van der Waals surface area (Å²) >= 11 is 0. The zero-order valence-corrected chi connectivity index (χ0v) is 15.5. The van der Waals surface area contributed by atoms with Gasteiger partial charge in [0.05, 0.1) is 5.92 Å². The second-order valence-electron chi connectivity index (χ2n) is 7.45. The Morgan fingerprint density at radius 2 is 2.04 bits per heavy atom. The number of hydrogen-bond acceptors (Lipinski definition) is 2. The Balaban J connectivity index is 1.56. The highest BCUT2D eigenvalue weighted by atomic mass is 16.2. The molecule has 4 nitrogen and oxygen atoms in total. The summed E-state index contributed by atoms with van der Waals surface area (Å²) in [7, 11) is 0. The first-order chi connectivity index (χ1) is 12.1. The highest BCUT2D eigenvalue weighted by molar-refractivity contribution is 5.89. The molecule has 1 aliphatic carbocycles. The van der Waals surface area contributed by atoms with Gasteiger partial charge in [0.2, 0.25) is 11.8 Å². The summed E-state index contributed by atoms with van der Waals surface area (Å²) in [6.07, 6.45) is 5.72. The quantitative estimate of drug-likeness (QED) is 0.863. The smallest absolute Gasteiger partial charge is 0.225 e. The molecule has 1 aliphatic heterocycles. The van der Waals surface area contributed by atoms with Gasteiger partial charge in [-0.05, 0) is 43.2 Å². The Morgan fingerprint density at radius 3 is 2.80 bits per heavy atom. The third kappa shape index (κ3) is 3.88. The van der Waals surface area contributed by atoms with E-state index >= 15 is 0 Å². The molecule has 0 bridgehead atoms. The summed E-state index contributed by atoms with van der Waals surface area (Å²) in [5.74, 6) is 0.398. The van der Waals surface area contributed by atoms with Crippen LogP contribution in [-0.4, -0.2) is 35.8 Å². The summed E-state index contributed by atoms with van der Waals surface area (Å²) in [5.41, 5.74) is 2.80. The number of benzene rings is 1. The van der Waals surface area contributed by atoms with Crippen LogP contribution in [0.15, 0.2) is 24.3 Å². The molecule has 2 unspecified atom stereocenters. The molecular formula is C21H30N2O2. The Bertz CT molecular complexity index is 624. The summed E-state index contributed by atoms with van der Waals surface area (Å²) in [4.78, 5) is 26.8. The normalized spacial score (nSPS) is 23.0. The molecule has 2 atom stereocenters. The number of carbonyl (C=O) groups is 2. The predicted octanol–water partition coefficient (Wildman–Crippen LogP) is 3.26. The molecule has 1 fully saturated rings. The standard InChI is InChI=1S/C21H30N2O2/c1-3-18(4-2)23-14-17(12-20(23)24)21(25)22-13-16-10-7-9-15-8-5-6-11-19(15)16/h5-6,8,11,16-18H,3-4,7,9-10,12-14H2,1-2H3,(H,22,25). The van der Waals surface area contributed by atoms with E-state index in [9.17, 15) is 9.59 Å². The van der Waals surface area contributed by atoms with Crippen molar-refractivity contribution in [2.24, 2.45) is 5.92 Å². The largest absolute Gasteiger partial charge is 0.355 e. The summed E-state index contributed by atoms with van der Waals surface area (Å²) in [6.45, 7) is 5.48. The maximum absolute atomic E-state index is 12.6.